The van der Waals surface area contributed by atoms with E-state index in [0.717, 1.165) is 59.9 Å². The number of anilines is 1. The van der Waals surface area contributed by atoms with Gasteiger partial charge in [-0.05, 0) is 24.6 Å². The van der Waals surface area contributed by atoms with Crippen LogP contribution in [-0.2, 0) is 11.8 Å². The monoisotopic (exact) mass is 487 g/mol. The minimum atomic E-state index is 0.113. The van der Waals surface area contributed by atoms with Crippen LogP contribution in [0.2, 0.25) is 0 Å². The van der Waals surface area contributed by atoms with E-state index < -0.39 is 0 Å². The highest BCUT2D eigenvalue weighted by Crippen LogP contribution is 2.27. The number of hydrogen-bond acceptors (Lipinski definition) is 7. The van der Waals surface area contributed by atoms with E-state index in [1.54, 1.807) is 24.2 Å². The van der Waals surface area contributed by atoms with Crippen molar-refractivity contribution in [2.75, 3.05) is 51.3 Å². The maximum Gasteiger partial charge on any atom is 0.320 e. The van der Waals surface area contributed by atoms with Crippen molar-refractivity contribution in [2.45, 2.75) is 12.5 Å². The minimum Gasteiger partial charge on any atom is -0.380 e. The smallest absolute Gasteiger partial charge is 0.320 e. The molecule has 0 bridgehead atoms. The maximum absolute atomic E-state index is 12.9. The van der Waals surface area contributed by atoms with Gasteiger partial charge in [0.05, 0.1) is 41.6 Å². The van der Waals surface area contributed by atoms with Crippen LogP contribution >= 0.6 is 0 Å². The Morgan fingerprint density at radius 1 is 0.972 bits per heavy atom. The molecule has 4 aromatic rings. The number of nitrogens with zero attached hydrogens (tertiary/aromatic N) is 9. The summed E-state index contributed by atoms with van der Waals surface area (Å²) in [5.74, 6) is 0.902. The van der Waals surface area contributed by atoms with Gasteiger partial charge in [0.2, 0.25) is 0 Å². The largest absolute Gasteiger partial charge is 0.380 e. The lowest BCUT2D eigenvalue weighted by molar-refractivity contribution is 0.105. The number of aryl methyl sites for hydroxylation is 1. The van der Waals surface area contributed by atoms with Gasteiger partial charge in [-0.1, -0.05) is 0 Å². The summed E-state index contributed by atoms with van der Waals surface area (Å²) >= 11 is 0. The van der Waals surface area contributed by atoms with Crippen molar-refractivity contribution in [3.8, 4) is 22.5 Å². The molecule has 2 aliphatic heterocycles. The topological polar surface area (TPSA) is 96.9 Å². The number of carbonyl (C=O) groups excluding carboxylic acids is 1. The van der Waals surface area contributed by atoms with E-state index in [0.29, 0.717) is 19.6 Å². The molecule has 2 aliphatic rings. The Hall–Kier alpha value is -3.99. The van der Waals surface area contributed by atoms with Crippen molar-refractivity contribution in [1.82, 2.24) is 39.2 Å². The summed E-state index contributed by atoms with van der Waals surface area (Å²) in [5, 5.41) is 8.69. The Morgan fingerprint density at radius 3 is 2.53 bits per heavy atom. The second-order valence-corrected chi connectivity index (χ2v) is 9.29. The van der Waals surface area contributed by atoms with Gasteiger partial charge in [0.15, 0.2) is 0 Å². The van der Waals surface area contributed by atoms with E-state index in [1.807, 2.05) is 52.1 Å². The number of fused-ring (bicyclic) bond motifs is 1. The van der Waals surface area contributed by atoms with Crippen LogP contribution in [0.25, 0.3) is 28.0 Å². The molecular formula is C25H29N9O2. The summed E-state index contributed by atoms with van der Waals surface area (Å²) in [6.45, 7) is 4.31. The molecule has 0 spiro atoms. The summed E-state index contributed by atoms with van der Waals surface area (Å²) in [4.78, 5) is 28.6. The average molecular weight is 488 g/mol. The van der Waals surface area contributed by atoms with Gasteiger partial charge in [0.1, 0.15) is 5.82 Å². The number of likely N-dealkylation sites (tertiary alicyclic amines) is 1. The normalized spacial score (nSPS) is 18.4. The van der Waals surface area contributed by atoms with Crippen LogP contribution < -0.4 is 4.90 Å². The van der Waals surface area contributed by atoms with Crippen molar-refractivity contribution < 1.29 is 9.53 Å². The van der Waals surface area contributed by atoms with Crippen LogP contribution in [-0.4, -0.2) is 97.7 Å². The molecule has 36 heavy (non-hydrogen) atoms. The molecule has 6 rings (SSSR count). The van der Waals surface area contributed by atoms with Crippen LogP contribution in [0.1, 0.15) is 6.42 Å². The number of carbonyl (C=O) groups is 1. The van der Waals surface area contributed by atoms with Crippen molar-refractivity contribution in [3.63, 3.8) is 0 Å². The molecule has 0 radical (unpaired) electrons. The van der Waals surface area contributed by atoms with Crippen molar-refractivity contribution in [2.24, 2.45) is 7.05 Å². The third kappa shape index (κ3) is 4.15. The van der Waals surface area contributed by atoms with Crippen LogP contribution in [0.4, 0.5) is 10.6 Å². The Kier molecular flexibility index (Phi) is 5.76. The van der Waals surface area contributed by atoms with Gasteiger partial charge in [-0.15, -0.1) is 0 Å². The molecule has 6 heterocycles. The van der Waals surface area contributed by atoms with Gasteiger partial charge in [-0.2, -0.15) is 10.2 Å². The number of piperazine rings is 1. The number of pyridine rings is 1. The maximum atomic E-state index is 12.9. The van der Waals surface area contributed by atoms with E-state index >= 15 is 0 Å². The van der Waals surface area contributed by atoms with Crippen molar-refractivity contribution in [3.05, 3.63) is 49.2 Å². The molecule has 1 atom stereocenters. The fourth-order valence-corrected chi connectivity index (χ4v) is 4.97. The van der Waals surface area contributed by atoms with Gasteiger partial charge in [0, 0.05) is 76.9 Å². The third-order valence-corrected chi connectivity index (χ3v) is 7.03. The highest BCUT2D eigenvalue weighted by molar-refractivity contribution is 5.79. The summed E-state index contributed by atoms with van der Waals surface area (Å²) < 4.78 is 9.00. The molecule has 0 saturated carbocycles. The zero-order valence-electron chi connectivity index (χ0n) is 20.5. The van der Waals surface area contributed by atoms with Crippen LogP contribution in [0.5, 0.6) is 0 Å². The number of aromatic nitrogens is 6. The number of urea groups is 1. The fraction of sp³-hybridized carbons (Fsp3) is 0.400. The van der Waals surface area contributed by atoms with Crippen molar-refractivity contribution >= 4 is 17.4 Å². The number of ether oxygens (including phenoxy) is 1. The second kappa shape index (κ2) is 9.23. The number of rotatable bonds is 4. The first kappa shape index (κ1) is 22.5. The number of methoxy groups -OCH3 is 1. The highest BCUT2D eigenvalue weighted by atomic mass is 16.5. The molecule has 0 aromatic carbocycles. The van der Waals surface area contributed by atoms with Gasteiger partial charge >= 0.3 is 6.03 Å². The molecule has 2 amide bonds. The Bertz CT molecular complexity index is 1370. The van der Waals surface area contributed by atoms with E-state index in [2.05, 4.69) is 21.2 Å². The minimum absolute atomic E-state index is 0.113. The zero-order chi connectivity index (χ0) is 24.6. The quantitative estimate of drug-likeness (QED) is 0.435. The summed E-state index contributed by atoms with van der Waals surface area (Å²) in [5.41, 5.74) is 4.39. The predicted molar refractivity (Wildman–Crippen MR) is 135 cm³/mol. The molecule has 2 fully saturated rings. The highest BCUT2D eigenvalue weighted by Gasteiger charge is 2.31. The van der Waals surface area contributed by atoms with E-state index in [4.69, 9.17) is 14.7 Å². The van der Waals surface area contributed by atoms with Crippen LogP contribution in [0.3, 0.4) is 0 Å². The van der Waals surface area contributed by atoms with E-state index in [1.165, 1.54) is 0 Å². The average Bonchev–Trinajstić information content (AvgIpc) is 3.68. The van der Waals surface area contributed by atoms with Gasteiger partial charge < -0.3 is 19.4 Å². The molecule has 2 saturated heterocycles. The van der Waals surface area contributed by atoms with Gasteiger partial charge in [-0.3, -0.25) is 4.68 Å². The Balaban J connectivity index is 1.17. The lowest BCUT2D eigenvalue weighted by atomic mass is 10.1. The molecule has 186 valence electrons. The second-order valence-electron chi connectivity index (χ2n) is 9.29. The fourth-order valence-electron chi connectivity index (χ4n) is 4.97. The first-order valence-electron chi connectivity index (χ1n) is 12.2. The Morgan fingerprint density at radius 2 is 1.83 bits per heavy atom. The van der Waals surface area contributed by atoms with Gasteiger partial charge in [0.25, 0.3) is 0 Å². The van der Waals surface area contributed by atoms with Gasteiger partial charge in [-0.25, -0.2) is 19.3 Å². The first-order valence-corrected chi connectivity index (χ1v) is 12.2. The molecular weight excluding hydrogens is 458 g/mol. The van der Waals surface area contributed by atoms with Crippen LogP contribution in [0, 0.1) is 0 Å². The summed E-state index contributed by atoms with van der Waals surface area (Å²) in [6, 6.07) is 6.15. The number of hydrogen-bond donors (Lipinski definition) is 0. The van der Waals surface area contributed by atoms with Crippen LogP contribution in [0.15, 0.2) is 49.2 Å². The third-order valence-electron chi connectivity index (χ3n) is 7.03. The standard InChI is InChI=1S/C25H29N9O2/c1-30-15-19(14-28-30)21-17-34-22(5-7-27-34)24(29-21)18-3-4-23(26-13-18)31-9-11-32(12-10-31)25(35)33-8-6-20(16-33)36-2/h3-5,7,13-15,17,20H,6,8-12,16H2,1-2H3/t20-/m0/s1. The lowest BCUT2D eigenvalue weighted by Gasteiger charge is -2.37. The Labute approximate surface area is 208 Å². The molecule has 4 aromatic heterocycles. The summed E-state index contributed by atoms with van der Waals surface area (Å²) in [6.07, 6.45) is 10.3. The molecule has 11 heteroatoms. The molecule has 0 N–H and O–H groups in total. The van der Waals surface area contributed by atoms with E-state index in [9.17, 15) is 4.79 Å². The van der Waals surface area contributed by atoms with E-state index in [-0.39, 0.29) is 12.1 Å². The SMILES string of the molecule is CO[C@H]1CCN(C(=O)N2CCN(c3ccc(-c4nc(-c5cnn(C)c5)cn5nccc45)cn3)CC2)C1. The molecule has 0 unspecified atom stereocenters. The molecule has 0 aliphatic carbocycles. The van der Waals surface area contributed by atoms with Crippen molar-refractivity contribution in [1.29, 1.82) is 0 Å². The predicted octanol–water partition coefficient (Wildman–Crippen LogP) is 2.15. The molecule has 11 nitrogen and oxygen atoms in total. The number of amides is 2. The lowest BCUT2D eigenvalue weighted by Crippen LogP contribution is -2.52. The zero-order valence-corrected chi connectivity index (χ0v) is 20.5. The first-order chi connectivity index (χ1) is 17.6. The summed E-state index contributed by atoms with van der Waals surface area (Å²) in [7, 11) is 3.60.